The highest BCUT2D eigenvalue weighted by Crippen LogP contribution is 2.26. The summed E-state index contributed by atoms with van der Waals surface area (Å²) in [5, 5.41) is 8.63. The zero-order chi connectivity index (χ0) is 20.6. The van der Waals surface area contributed by atoms with Crippen LogP contribution in [0.4, 0.5) is 0 Å². The molecule has 0 spiro atoms. The maximum Gasteiger partial charge on any atom is 1.00 e. The van der Waals surface area contributed by atoms with Crippen molar-refractivity contribution in [3.05, 3.63) is 48.0 Å². The molecule has 0 aliphatic carbocycles. The van der Waals surface area contributed by atoms with Crippen LogP contribution in [0.25, 0.3) is 0 Å². The third-order valence-corrected chi connectivity index (χ3v) is 5.01. The van der Waals surface area contributed by atoms with E-state index in [0.29, 0.717) is 31.9 Å². The molecule has 0 bridgehead atoms. The number of para-hydroxylation sites is 2. The first-order valence-corrected chi connectivity index (χ1v) is 10.7. The fourth-order valence-corrected chi connectivity index (χ4v) is 3.55. The van der Waals surface area contributed by atoms with Gasteiger partial charge in [-0.05, 0) is 50.1 Å². The standard InChI is InChI=1S/C20H28N2O5S.ClH/c1-4-26-17-7-5-6-8-18(17)27-12-11-22-15(2)13-16-9-10-19(25-3)20(14-16)28(21,23)24;/h5-10,14-15,22H,4,11-13H2,1-3H3,(H2,21,23,24);1H. The Hall–Kier alpha value is -2.00. The summed E-state index contributed by atoms with van der Waals surface area (Å²) in [6.45, 7) is 5.66. The first kappa shape index (κ1) is 25.0. The molecule has 162 valence electrons. The largest absolute Gasteiger partial charge is 1.00 e. The summed E-state index contributed by atoms with van der Waals surface area (Å²) in [7, 11) is -2.43. The number of rotatable bonds is 11. The lowest BCUT2D eigenvalue weighted by Crippen LogP contribution is -3.00. The molecule has 0 radical (unpaired) electrons. The molecule has 7 nitrogen and oxygen atoms in total. The topological polar surface area (TPSA) is 99.9 Å². The van der Waals surface area contributed by atoms with Gasteiger partial charge in [-0.2, -0.15) is 0 Å². The second kappa shape index (κ2) is 11.9. The van der Waals surface area contributed by atoms with E-state index in [1.54, 1.807) is 12.1 Å². The molecular weight excluding hydrogens is 416 g/mol. The molecule has 29 heavy (non-hydrogen) atoms. The van der Waals surface area contributed by atoms with Crippen molar-refractivity contribution in [3.8, 4) is 17.2 Å². The molecule has 0 saturated carbocycles. The Morgan fingerprint density at radius 3 is 2.34 bits per heavy atom. The number of ether oxygens (including phenoxy) is 3. The number of methoxy groups -OCH3 is 1. The lowest BCUT2D eigenvalue weighted by molar-refractivity contribution is -0.00000977. The third kappa shape index (κ3) is 7.74. The summed E-state index contributed by atoms with van der Waals surface area (Å²) in [5.41, 5.74) is 0.854. The van der Waals surface area contributed by atoms with Crippen molar-refractivity contribution in [1.82, 2.24) is 5.32 Å². The predicted molar refractivity (Wildman–Crippen MR) is 110 cm³/mol. The molecule has 2 aromatic carbocycles. The van der Waals surface area contributed by atoms with Gasteiger partial charge in [-0.3, -0.25) is 0 Å². The number of sulfonamides is 1. The Kier molecular flexibility index (Phi) is 10.2. The molecule has 9 heteroatoms. The predicted octanol–water partition coefficient (Wildman–Crippen LogP) is -0.543. The van der Waals surface area contributed by atoms with Crippen LogP contribution in [0.2, 0.25) is 0 Å². The molecule has 0 heterocycles. The summed E-state index contributed by atoms with van der Waals surface area (Å²) in [5.74, 6) is 1.69. The molecule has 1 atom stereocenters. The molecule has 2 rings (SSSR count). The third-order valence-electron chi connectivity index (χ3n) is 4.08. The summed E-state index contributed by atoms with van der Waals surface area (Å²) in [6, 6.07) is 12.7. The van der Waals surface area contributed by atoms with E-state index < -0.39 is 10.0 Å². The van der Waals surface area contributed by atoms with Gasteiger partial charge in [0.05, 0.1) is 13.7 Å². The van der Waals surface area contributed by atoms with E-state index in [0.717, 1.165) is 11.3 Å². The van der Waals surface area contributed by atoms with Crippen LogP contribution in [0.1, 0.15) is 20.8 Å². The average Bonchev–Trinajstić information content (AvgIpc) is 2.66. The van der Waals surface area contributed by atoms with Gasteiger partial charge in [0.2, 0.25) is 10.0 Å². The van der Waals surface area contributed by atoms with Crippen molar-refractivity contribution < 1.29 is 36.5 Å². The van der Waals surface area contributed by atoms with Crippen LogP contribution >= 0.6 is 0 Å². The van der Waals surface area contributed by atoms with E-state index in [-0.39, 0.29) is 30.5 Å². The maximum atomic E-state index is 11.7. The molecule has 1 unspecified atom stereocenters. The molecule has 0 aliphatic rings. The quantitative estimate of drug-likeness (QED) is 0.451. The van der Waals surface area contributed by atoms with Gasteiger partial charge in [-0.1, -0.05) is 18.2 Å². The zero-order valence-corrected chi connectivity index (χ0v) is 18.4. The lowest BCUT2D eigenvalue weighted by Gasteiger charge is -2.16. The normalized spacial score (nSPS) is 12.0. The number of hydrogen-bond donors (Lipinski definition) is 2. The van der Waals surface area contributed by atoms with Crippen LogP contribution in [-0.4, -0.2) is 41.3 Å². The van der Waals surface area contributed by atoms with Crippen molar-refractivity contribution in [2.45, 2.75) is 31.2 Å². The number of hydrogen-bond acceptors (Lipinski definition) is 6. The minimum absolute atomic E-state index is 0. The number of nitrogens with one attached hydrogen (secondary N) is 1. The second-order valence-corrected chi connectivity index (χ2v) is 7.85. The van der Waals surface area contributed by atoms with E-state index in [9.17, 15) is 8.42 Å². The van der Waals surface area contributed by atoms with Crippen LogP contribution in [0.15, 0.2) is 47.4 Å². The number of nitrogens with two attached hydrogens (primary N) is 1. The SMILES string of the molecule is CCOc1ccccc1OCCNC(C)Cc1ccc(OC)c(S(N)(=O)=O)c1.[Cl-].[H+]. The van der Waals surface area contributed by atoms with Gasteiger partial charge in [-0.25, -0.2) is 13.6 Å². The Morgan fingerprint density at radius 1 is 1.10 bits per heavy atom. The van der Waals surface area contributed by atoms with Crippen molar-refractivity contribution in [2.75, 3.05) is 26.9 Å². The highest BCUT2D eigenvalue weighted by molar-refractivity contribution is 7.89. The molecule has 2 aromatic rings. The Balaban J connectivity index is 0.00000420. The molecule has 3 N–H and O–H groups in total. The number of primary sulfonamides is 1. The summed E-state index contributed by atoms with van der Waals surface area (Å²) in [6.07, 6.45) is 0.641. The van der Waals surface area contributed by atoms with Gasteiger partial charge in [0, 0.05) is 12.6 Å². The Bertz CT molecular complexity index is 883. The van der Waals surface area contributed by atoms with E-state index in [1.165, 1.54) is 7.11 Å². The van der Waals surface area contributed by atoms with E-state index in [4.69, 9.17) is 19.3 Å². The fourth-order valence-electron chi connectivity index (χ4n) is 2.81. The summed E-state index contributed by atoms with van der Waals surface area (Å²) >= 11 is 0. The molecular formula is C20H29ClN2O5S. The molecule has 0 fully saturated rings. The molecule has 0 aromatic heterocycles. The van der Waals surface area contributed by atoms with Crippen LogP contribution in [0.5, 0.6) is 17.2 Å². The molecule has 0 saturated heterocycles. The highest BCUT2D eigenvalue weighted by Gasteiger charge is 2.16. The highest BCUT2D eigenvalue weighted by atomic mass is 35.5. The minimum atomic E-state index is -3.84. The Morgan fingerprint density at radius 2 is 1.76 bits per heavy atom. The van der Waals surface area contributed by atoms with E-state index in [2.05, 4.69) is 5.32 Å². The molecule has 0 amide bonds. The second-order valence-electron chi connectivity index (χ2n) is 6.32. The molecule has 0 aliphatic heterocycles. The first-order valence-electron chi connectivity index (χ1n) is 9.13. The number of benzene rings is 2. The fraction of sp³-hybridized carbons (Fsp3) is 0.400. The van der Waals surface area contributed by atoms with Gasteiger partial charge < -0.3 is 31.9 Å². The average molecular weight is 445 g/mol. The van der Waals surface area contributed by atoms with Gasteiger partial charge in [0.15, 0.2) is 11.5 Å². The number of halogens is 1. The van der Waals surface area contributed by atoms with Crippen molar-refractivity contribution in [2.24, 2.45) is 5.14 Å². The van der Waals surface area contributed by atoms with Crippen molar-refractivity contribution >= 4 is 10.0 Å². The van der Waals surface area contributed by atoms with Gasteiger partial charge in [-0.15, -0.1) is 0 Å². The smallest absolute Gasteiger partial charge is 1.00 e. The summed E-state index contributed by atoms with van der Waals surface area (Å²) < 4.78 is 39.9. The van der Waals surface area contributed by atoms with Gasteiger partial charge >= 0.3 is 1.43 Å². The minimum Gasteiger partial charge on any atom is -1.00 e. The van der Waals surface area contributed by atoms with Crippen molar-refractivity contribution in [3.63, 3.8) is 0 Å². The maximum absolute atomic E-state index is 11.7. The van der Waals surface area contributed by atoms with Crippen LogP contribution in [0.3, 0.4) is 0 Å². The summed E-state index contributed by atoms with van der Waals surface area (Å²) in [4.78, 5) is -0.00411. The first-order chi connectivity index (χ1) is 13.3. The van der Waals surface area contributed by atoms with Crippen LogP contribution in [0, 0.1) is 0 Å². The monoisotopic (exact) mass is 444 g/mol. The van der Waals surface area contributed by atoms with E-state index in [1.807, 2.05) is 44.2 Å². The van der Waals surface area contributed by atoms with E-state index >= 15 is 0 Å². The Labute approximate surface area is 180 Å². The van der Waals surface area contributed by atoms with Crippen LogP contribution < -0.4 is 37.1 Å². The zero-order valence-electron chi connectivity index (χ0n) is 17.9. The van der Waals surface area contributed by atoms with Gasteiger partial charge in [0.25, 0.3) is 0 Å². The van der Waals surface area contributed by atoms with Crippen molar-refractivity contribution in [1.29, 1.82) is 0 Å². The van der Waals surface area contributed by atoms with Gasteiger partial charge in [0.1, 0.15) is 17.3 Å². The van der Waals surface area contributed by atoms with Crippen LogP contribution in [-0.2, 0) is 16.4 Å². The lowest BCUT2D eigenvalue weighted by atomic mass is 10.1.